The lowest BCUT2D eigenvalue weighted by Gasteiger charge is -2.21. The molecular formula is C9H14N2O. The third kappa shape index (κ3) is 1.85. The van der Waals surface area contributed by atoms with E-state index in [0.717, 1.165) is 24.6 Å². The van der Waals surface area contributed by atoms with Gasteiger partial charge in [0.2, 0.25) is 0 Å². The molecule has 1 aliphatic heterocycles. The van der Waals surface area contributed by atoms with E-state index in [4.69, 9.17) is 4.52 Å². The van der Waals surface area contributed by atoms with Gasteiger partial charge in [0.15, 0.2) is 0 Å². The van der Waals surface area contributed by atoms with Gasteiger partial charge in [0.1, 0.15) is 5.76 Å². The Morgan fingerprint density at radius 2 is 2.67 bits per heavy atom. The number of rotatable bonds is 2. The van der Waals surface area contributed by atoms with Gasteiger partial charge in [-0.15, -0.1) is 0 Å². The molecule has 1 N–H and O–H groups in total. The summed E-state index contributed by atoms with van der Waals surface area (Å²) in [6, 6.07) is 1.95. The molecule has 1 unspecified atom stereocenters. The van der Waals surface area contributed by atoms with Crippen LogP contribution in [0.4, 0.5) is 0 Å². The van der Waals surface area contributed by atoms with E-state index in [1.165, 1.54) is 19.4 Å². The quantitative estimate of drug-likeness (QED) is 0.717. The molecule has 0 spiro atoms. The normalized spacial score (nSPS) is 24.2. The lowest BCUT2D eigenvalue weighted by molar-refractivity contribution is 0.321. The highest BCUT2D eigenvalue weighted by molar-refractivity contribution is 4.95. The fourth-order valence-corrected chi connectivity index (χ4v) is 1.73. The second-order valence-corrected chi connectivity index (χ2v) is 3.40. The van der Waals surface area contributed by atoms with Crippen LogP contribution in [-0.2, 0) is 6.42 Å². The first-order valence-electron chi connectivity index (χ1n) is 4.55. The summed E-state index contributed by atoms with van der Waals surface area (Å²) in [6.45, 7) is 2.30. The van der Waals surface area contributed by atoms with Gasteiger partial charge in [0.25, 0.3) is 0 Å². The molecule has 12 heavy (non-hydrogen) atoms. The van der Waals surface area contributed by atoms with Gasteiger partial charge in [-0.25, -0.2) is 0 Å². The van der Waals surface area contributed by atoms with Crippen molar-refractivity contribution in [3.63, 3.8) is 0 Å². The smallest absolute Gasteiger partial charge is 0.137 e. The van der Waals surface area contributed by atoms with Crippen molar-refractivity contribution in [2.75, 3.05) is 13.1 Å². The van der Waals surface area contributed by atoms with E-state index >= 15 is 0 Å². The Kier molecular flexibility index (Phi) is 2.42. The Labute approximate surface area is 72.1 Å². The number of hydrogen-bond acceptors (Lipinski definition) is 3. The maximum Gasteiger partial charge on any atom is 0.137 e. The maximum atomic E-state index is 5.06. The van der Waals surface area contributed by atoms with Crippen LogP contribution in [0.2, 0.25) is 0 Å². The summed E-state index contributed by atoms with van der Waals surface area (Å²) >= 11 is 0. The summed E-state index contributed by atoms with van der Waals surface area (Å²) in [6.07, 6.45) is 5.35. The van der Waals surface area contributed by atoms with Crippen LogP contribution >= 0.6 is 0 Å². The number of nitrogens with zero attached hydrogens (tertiary/aromatic N) is 1. The third-order valence-electron chi connectivity index (χ3n) is 2.38. The number of piperidine rings is 1. The van der Waals surface area contributed by atoms with Gasteiger partial charge >= 0.3 is 0 Å². The van der Waals surface area contributed by atoms with Gasteiger partial charge in [0.05, 0.1) is 6.20 Å². The van der Waals surface area contributed by atoms with Crippen molar-refractivity contribution in [1.82, 2.24) is 10.5 Å². The minimum Gasteiger partial charge on any atom is -0.361 e. The number of nitrogens with one attached hydrogen (secondary N) is 1. The van der Waals surface area contributed by atoms with E-state index in [1.807, 2.05) is 6.07 Å². The summed E-state index contributed by atoms with van der Waals surface area (Å²) in [4.78, 5) is 0. The van der Waals surface area contributed by atoms with Crippen LogP contribution in [0, 0.1) is 5.92 Å². The van der Waals surface area contributed by atoms with Gasteiger partial charge in [0, 0.05) is 12.5 Å². The summed E-state index contributed by atoms with van der Waals surface area (Å²) in [5.41, 5.74) is 0. The zero-order valence-corrected chi connectivity index (χ0v) is 7.12. The molecule has 0 saturated carbocycles. The molecule has 1 fully saturated rings. The van der Waals surface area contributed by atoms with Crippen LogP contribution in [-0.4, -0.2) is 18.2 Å². The van der Waals surface area contributed by atoms with E-state index in [2.05, 4.69) is 10.5 Å². The molecule has 0 radical (unpaired) electrons. The number of aromatic nitrogens is 1. The zero-order chi connectivity index (χ0) is 8.23. The fraction of sp³-hybridized carbons (Fsp3) is 0.667. The molecule has 1 atom stereocenters. The maximum absolute atomic E-state index is 5.06. The van der Waals surface area contributed by atoms with Crippen LogP contribution in [0.3, 0.4) is 0 Å². The first-order valence-corrected chi connectivity index (χ1v) is 4.55. The van der Waals surface area contributed by atoms with Crippen LogP contribution in [0.25, 0.3) is 0 Å². The van der Waals surface area contributed by atoms with E-state index in [-0.39, 0.29) is 0 Å². The van der Waals surface area contributed by atoms with Crippen molar-refractivity contribution >= 4 is 0 Å². The van der Waals surface area contributed by atoms with Gasteiger partial charge < -0.3 is 9.84 Å². The van der Waals surface area contributed by atoms with Crippen LogP contribution < -0.4 is 5.32 Å². The van der Waals surface area contributed by atoms with Crippen molar-refractivity contribution in [3.05, 3.63) is 18.0 Å². The Bertz CT molecular complexity index is 214. The molecule has 0 amide bonds. The Balaban J connectivity index is 1.86. The van der Waals surface area contributed by atoms with Gasteiger partial charge in [-0.2, -0.15) is 0 Å². The predicted octanol–water partition coefficient (Wildman–Crippen LogP) is 1.22. The van der Waals surface area contributed by atoms with E-state index < -0.39 is 0 Å². The van der Waals surface area contributed by atoms with Crippen LogP contribution in [0.5, 0.6) is 0 Å². The lowest BCUT2D eigenvalue weighted by atomic mass is 9.95. The lowest BCUT2D eigenvalue weighted by Crippen LogP contribution is -2.30. The highest BCUT2D eigenvalue weighted by Gasteiger charge is 2.14. The second-order valence-electron chi connectivity index (χ2n) is 3.40. The first kappa shape index (κ1) is 7.80. The summed E-state index contributed by atoms with van der Waals surface area (Å²) in [5, 5.41) is 7.08. The zero-order valence-electron chi connectivity index (χ0n) is 7.12. The minimum atomic E-state index is 0.742. The van der Waals surface area contributed by atoms with Crippen LogP contribution in [0.1, 0.15) is 18.6 Å². The SMILES string of the molecule is c1cc(CC2CCCNC2)on1. The summed E-state index contributed by atoms with van der Waals surface area (Å²) in [5.74, 6) is 1.76. The highest BCUT2D eigenvalue weighted by atomic mass is 16.5. The molecule has 0 aromatic carbocycles. The largest absolute Gasteiger partial charge is 0.361 e. The van der Waals surface area contributed by atoms with Crippen molar-refractivity contribution < 1.29 is 4.52 Å². The molecule has 2 heterocycles. The molecular weight excluding hydrogens is 152 g/mol. The van der Waals surface area contributed by atoms with Crippen molar-refractivity contribution in [2.24, 2.45) is 5.92 Å². The molecule has 0 aliphatic carbocycles. The van der Waals surface area contributed by atoms with E-state index in [0.29, 0.717) is 0 Å². The molecule has 0 bridgehead atoms. The van der Waals surface area contributed by atoms with Gasteiger partial charge in [-0.1, -0.05) is 5.16 Å². The fourth-order valence-electron chi connectivity index (χ4n) is 1.73. The highest BCUT2D eigenvalue weighted by Crippen LogP contribution is 2.15. The van der Waals surface area contributed by atoms with Gasteiger partial charge in [-0.05, 0) is 31.8 Å². The predicted molar refractivity (Wildman–Crippen MR) is 45.8 cm³/mol. The third-order valence-corrected chi connectivity index (χ3v) is 2.38. The van der Waals surface area contributed by atoms with Crippen LogP contribution in [0.15, 0.2) is 16.8 Å². The molecule has 1 aromatic rings. The van der Waals surface area contributed by atoms with Gasteiger partial charge in [-0.3, -0.25) is 0 Å². The monoisotopic (exact) mass is 166 g/mol. The standard InChI is InChI=1S/C9H14N2O/c1-2-8(7-10-4-1)6-9-3-5-11-12-9/h3,5,8,10H,1-2,4,6-7H2. The average Bonchev–Trinajstić information content (AvgIpc) is 2.59. The summed E-state index contributed by atoms with van der Waals surface area (Å²) < 4.78 is 5.06. The average molecular weight is 166 g/mol. The molecule has 1 saturated heterocycles. The van der Waals surface area contributed by atoms with Crippen molar-refractivity contribution in [1.29, 1.82) is 0 Å². The topological polar surface area (TPSA) is 38.1 Å². The Hall–Kier alpha value is -0.830. The Morgan fingerprint density at radius 1 is 1.67 bits per heavy atom. The molecule has 66 valence electrons. The van der Waals surface area contributed by atoms with Crippen molar-refractivity contribution in [2.45, 2.75) is 19.3 Å². The van der Waals surface area contributed by atoms with E-state index in [1.54, 1.807) is 6.20 Å². The molecule has 1 aliphatic rings. The molecule has 3 heteroatoms. The molecule has 3 nitrogen and oxygen atoms in total. The molecule has 2 rings (SSSR count). The Morgan fingerprint density at radius 3 is 3.33 bits per heavy atom. The second kappa shape index (κ2) is 3.72. The first-order chi connectivity index (χ1) is 5.95. The van der Waals surface area contributed by atoms with E-state index in [9.17, 15) is 0 Å². The molecule has 1 aromatic heterocycles. The van der Waals surface area contributed by atoms with Crippen molar-refractivity contribution in [3.8, 4) is 0 Å². The minimum absolute atomic E-state index is 0.742. The summed E-state index contributed by atoms with van der Waals surface area (Å²) in [7, 11) is 0. The number of hydrogen-bond donors (Lipinski definition) is 1.